The second kappa shape index (κ2) is 7.92. The van der Waals surface area contributed by atoms with Crippen molar-refractivity contribution in [3.05, 3.63) is 24.3 Å². The Morgan fingerprint density at radius 3 is 2.41 bits per heavy atom. The number of ether oxygens (including phenoxy) is 1. The number of carbonyl (C=O) groups is 1. The first-order valence-electron chi connectivity index (χ1n) is 9.54. The fraction of sp³-hybridized carbons (Fsp3) is 0.600. The molecule has 148 valence electrons. The molecule has 0 radical (unpaired) electrons. The van der Waals surface area contributed by atoms with Crippen LogP contribution in [0.3, 0.4) is 0 Å². The van der Waals surface area contributed by atoms with Crippen LogP contribution in [0.1, 0.15) is 27.2 Å². The summed E-state index contributed by atoms with van der Waals surface area (Å²) in [4.78, 5) is 19.1. The number of anilines is 1. The van der Waals surface area contributed by atoms with Gasteiger partial charge in [0, 0.05) is 43.4 Å². The van der Waals surface area contributed by atoms with Gasteiger partial charge in [-0.2, -0.15) is 0 Å². The summed E-state index contributed by atoms with van der Waals surface area (Å²) in [6, 6.07) is 8.34. The second-order valence-corrected chi connectivity index (χ2v) is 8.45. The Kier molecular flexibility index (Phi) is 5.79. The van der Waals surface area contributed by atoms with Crippen LogP contribution in [0.25, 0.3) is 0 Å². The predicted octanol–water partition coefficient (Wildman–Crippen LogP) is 2.09. The zero-order valence-corrected chi connectivity index (χ0v) is 17.5. The van der Waals surface area contributed by atoms with Gasteiger partial charge in [0.15, 0.2) is 5.11 Å². The van der Waals surface area contributed by atoms with Crippen molar-refractivity contribution in [1.82, 2.24) is 15.1 Å². The van der Waals surface area contributed by atoms with E-state index in [2.05, 4.69) is 43.1 Å². The summed E-state index contributed by atoms with van der Waals surface area (Å²) in [5.41, 5.74) is 1.15. The Labute approximate surface area is 167 Å². The van der Waals surface area contributed by atoms with E-state index in [0.717, 1.165) is 38.3 Å². The number of piperazine rings is 1. The zero-order valence-electron chi connectivity index (χ0n) is 16.7. The maximum atomic E-state index is 12.8. The summed E-state index contributed by atoms with van der Waals surface area (Å²) in [7, 11) is 1.67. The average molecular weight is 391 g/mol. The maximum Gasteiger partial charge on any atom is 0.242 e. The second-order valence-electron chi connectivity index (χ2n) is 8.06. The molecule has 1 amide bonds. The van der Waals surface area contributed by atoms with Crippen molar-refractivity contribution in [2.75, 3.05) is 44.7 Å². The van der Waals surface area contributed by atoms with Crippen LogP contribution >= 0.6 is 12.2 Å². The maximum absolute atomic E-state index is 12.8. The number of hydrogen-bond acceptors (Lipinski definition) is 4. The lowest BCUT2D eigenvalue weighted by Crippen LogP contribution is -2.62. The Morgan fingerprint density at radius 2 is 1.85 bits per heavy atom. The van der Waals surface area contributed by atoms with Gasteiger partial charge in [-0.1, -0.05) is 0 Å². The number of hydrogen-bond donors (Lipinski definition) is 1. The van der Waals surface area contributed by atoms with Gasteiger partial charge in [-0.25, -0.2) is 0 Å². The van der Waals surface area contributed by atoms with Gasteiger partial charge >= 0.3 is 0 Å². The monoisotopic (exact) mass is 390 g/mol. The quantitative estimate of drug-likeness (QED) is 0.795. The summed E-state index contributed by atoms with van der Waals surface area (Å²) in [5.74, 6) is 1.01. The topological polar surface area (TPSA) is 48.1 Å². The molecule has 0 aromatic heterocycles. The molecule has 0 saturated carbocycles. The molecule has 2 aliphatic rings. The third-order valence-electron chi connectivity index (χ3n) is 5.42. The minimum absolute atomic E-state index is 0.0139. The molecule has 0 aliphatic carbocycles. The van der Waals surface area contributed by atoms with Gasteiger partial charge in [-0.15, -0.1) is 0 Å². The highest BCUT2D eigenvalue weighted by Gasteiger charge is 2.35. The van der Waals surface area contributed by atoms with Crippen LogP contribution in [0.5, 0.6) is 5.75 Å². The molecule has 1 aromatic rings. The molecule has 1 aromatic carbocycles. The number of thiocarbonyl (C=S) groups is 1. The summed E-state index contributed by atoms with van der Waals surface area (Å²) in [6.45, 7) is 9.93. The Hall–Kier alpha value is -2.02. The lowest BCUT2D eigenvalue weighted by molar-refractivity contribution is -0.132. The van der Waals surface area contributed by atoms with Gasteiger partial charge in [0.1, 0.15) is 5.75 Å². The zero-order chi connectivity index (χ0) is 19.6. The molecule has 1 N–H and O–H groups in total. The first-order valence-corrected chi connectivity index (χ1v) is 9.95. The van der Waals surface area contributed by atoms with Crippen molar-refractivity contribution >= 4 is 28.9 Å². The van der Waals surface area contributed by atoms with Gasteiger partial charge in [-0.05, 0) is 63.7 Å². The van der Waals surface area contributed by atoms with E-state index in [1.807, 2.05) is 21.9 Å². The van der Waals surface area contributed by atoms with Crippen molar-refractivity contribution < 1.29 is 9.53 Å². The van der Waals surface area contributed by atoms with Gasteiger partial charge in [0.25, 0.3) is 0 Å². The molecule has 0 bridgehead atoms. The first kappa shape index (κ1) is 19.7. The molecule has 2 saturated heterocycles. The van der Waals surface area contributed by atoms with Crippen molar-refractivity contribution in [2.45, 2.75) is 38.8 Å². The Bertz CT molecular complexity index is 684. The lowest BCUT2D eigenvalue weighted by atomic mass is 9.93. The smallest absolute Gasteiger partial charge is 0.242 e. The molecule has 2 heterocycles. The summed E-state index contributed by atoms with van der Waals surface area (Å²) >= 11 is 5.50. The lowest BCUT2D eigenvalue weighted by Gasteiger charge is -2.45. The van der Waals surface area contributed by atoms with E-state index in [1.54, 1.807) is 7.11 Å². The predicted molar refractivity (Wildman–Crippen MR) is 112 cm³/mol. The van der Waals surface area contributed by atoms with Crippen LogP contribution in [0, 0.1) is 0 Å². The first-order chi connectivity index (χ1) is 12.8. The molecule has 6 nitrogen and oxygen atoms in total. The highest BCUT2D eigenvalue weighted by Crippen LogP contribution is 2.23. The van der Waals surface area contributed by atoms with Crippen LogP contribution in [-0.4, -0.2) is 72.2 Å². The normalized spacial score (nSPS) is 22.4. The molecule has 0 spiro atoms. The number of methoxy groups -OCH3 is 1. The van der Waals surface area contributed by atoms with Crippen LogP contribution in [0.2, 0.25) is 0 Å². The van der Waals surface area contributed by atoms with Gasteiger partial charge < -0.3 is 24.8 Å². The average Bonchev–Trinajstić information content (AvgIpc) is 2.64. The third-order valence-corrected chi connectivity index (χ3v) is 5.76. The third kappa shape index (κ3) is 4.64. The van der Waals surface area contributed by atoms with E-state index < -0.39 is 0 Å². The number of amides is 1. The summed E-state index contributed by atoms with van der Waals surface area (Å²) < 4.78 is 5.22. The Balaban J connectivity index is 1.53. The van der Waals surface area contributed by atoms with Crippen molar-refractivity contribution in [1.29, 1.82) is 0 Å². The van der Waals surface area contributed by atoms with Gasteiger partial charge in [0.05, 0.1) is 13.7 Å². The van der Waals surface area contributed by atoms with Gasteiger partial charge in [0.2, 0.25) is 5.91 Å². The Morgan fingerprint density at radius 1 is 1.22 bits per heavy atom. The number of nitrogens with zero attached hydrogens (tertiary/aromatic N) is 3. The van der Waals surface area contributed by atoms with Crippen molar-refractivity contribution in [3.8, 4) is 5.75 Å². The van der Waals surface area contributed by atoms with E-state index >= 15 is 0 Å². The number of carbonyl (C=O) groups excluding carboxylic acids is 1. The van der Waals surface area contributed by atoms with E-state index in [4.69, 9.17) is 17.0 Å². The number of rotatable bonds is 4. The molecule has 3 rings (SSSR count). The minimum Gasteiger partial charge on any atom is -0.497 e. The molecule has 7 heteroatoms. The highest BCUT2D eigenvalue weighted by molar-refractivity contribution is 7.80. The molecule has 1 unspecified atom stereocenters. The fourth-order valence-electron chi connectivity index (χ4n) is 3.94. The standard InChI is InChI=1S/C20H30N4O2S/c1-15-13-20(2,3)21-19(27)24(15)14-18(25)23-11-9-22(10-12-23)16-5-7-17(26-4)8-6-16/h5-8,15H,9-14H2,1-4H3,(H,21,27). The van der Waals surface area contributed by atoms with Crippen molar-refractivity contribution in [3.63, 3.8) is 0 Å². The van der Waals surface area contributed by atoms with Crippen LogP contribution in [-0.2, 0) is 4.79 Å². The summed E-state index contributed by atoms with van der Waals surface area (Å²) in [5, 5.41) is 4.03. The van der Waals surface area contributed by atoms with Crippen LogP contribution in [0.15, 0.2) is 24.3 Å². The van der Waals surface area contributed by atoms with E-state index in [1.165, 1.54) is 5.69 Å². The highest BCUT2D eigenvalue weighted by atomic mass is 32.1. The molecule has 27 heavy (non-hydrogen) atoms. The fourth-order valence-corrected chi connectivity index (χ4v) is 4.46. The van der Waals surface area contributed by atoms with Gasteiger partial charge in [-0.3, -0.25) is 4.79 Å². The number of nitrogens with one attached hydrogen (secondary N) is 1. The SMILES string of the molecule is COc1ccc(N2CCN(C(=O)CN3C(=S)NC(C)(C)CC3C)CC2)cc1. The molecular weight excluding hydrogens is 360 g/mol. The van der Waals surface area contributed by atoms with E-state index in [-0.39, 0.29) is 17.5 Å². The van der Waals surface area contributed by atoms with Crippen molar-refractivity contribution in [2.24, 2.45) is 0 Å². The molecular formula is C20H30N4O2S. The van der Waals surface area contributed by atoms with Crippen LogP contribution < -0.4 is 15.0 Å². The number of benzene rings is 1. The van der Waals surface area contributed by atoms with Crippen LogP contribution in [0.4, 0.5) is 5.69 Å². The summed E-state index contributed by atoms with van der Waals surface area (Å²) in [6.07, 6.45) is 0.964. The molecule has 1 atom stereocenters. The molecule has 2 fully saturated rings. The molecule has 2 aliphatic heterocycles. The minimum atomic E-state index is -0.0139. The van der Waals surface area contributed by atoms with E-state index in [9.17, 15) is 4.79 Å². The van der Waals surface area contributed by atoms with E-state index in [0.29, 0.717) is 11.7 Å². The largest absolute Gasteiger partial charge is 0.497 e.